The lowest BCUT2D eigenvalue weighted by Gasteiger charge is -2.19. The molecule has 0 aromatic heterocycles. The van der Waals surface area contributed by atoms with Gasteiger partial charge in [0.2, 0.25) is 0 Å². The molecule has 0 aliphatic carbocycles. The molecule has 0 radical (unpaired) electrons. The number of hydrogen-bond donors (Lipinski definition) is 0. The zero-order chi connectivity index (χ0) is 21.2. The van der Waals surface area contributed by atoms with Gasteiger partial charge in [0.1, 0.15) is 5.57 Å². The van der Waals surface area contributed by atoms with Crippen molar-refractivity contribution >= 4 is 29.6 Å². The summed E-state index contributed by atoms with van der Waals surface area (Å²) in [7, 11) is 3.59. The van der Waals surface area contributed by atoms with Crippen LogP contribution < -0.4 is 10.9 Å². The third kappa shape index (κ3) is 6.38. The molecule has 0 spiro atoms. The van der Waals surface area contributed by atoms with Crippen molar-refractivity contribution in [1.82, 2.24) is 4.90 Å². The highest BCUT2D eigenvalue weighted by atomic mass is 16.5. The predicted molar refractivity (Wildman–Crippen MR) is 116 cm³/mol. The summed E-state index contributed by atoms with van der Waals surface area (Å²) in [4.78, 5) is 26.9. The fraction of sp³-hybridized carbons (Fsp3) is 0.217. The van der Waals surface area contributed by atoms with Crippen LogP contribution in [0.5, 0.6) is 0 Å². The Kier molecular flexibility index (Phi) is 8.28. The van der Waals surface area contributed by atoms with Crippen molar-refractivity contribution in [3.63, 3.8) is 0 Å². The summed E-state index contributed by atoms with van der Waals surface area (Å²) >= 11 is 0. The molecule has 29 heavy (non-hydrogen) atoms. The van der Waals surface area contributed by atoms with Gasteiger partial charge in [-0.2, -0.15) is 0 Å². The molecule has 0 saturated carbocycles. The Morgan fingerprint density at radius 2 is 1.48 bits per heavy atom. The van der Waals surface area contributed by atoms with Crippen molar-refractivity contribution < 1.29 is 19.0 Å². The second-order valence-electron chi connectivity index (χ2n) is 6.61. The summed E-state index contributed by atoms with van der Waals surface area (Å²) in [6.45, 7) is 3.02. The summed E-state index contributed by atoms with van der Waals surface area (Å²) in [6, 6.07) is 19.3. The maximum absolute atomic E-state index is 12.7. The van der Waals surface area contributed by atoms with E-state index < -0.39 is 18.7 Å². The minimum absolute atomic E-state index is 0.109. The third-order valence-corrected chi connectivity index (χ3v) is 4.10. The minimum atomic E-state index is -0.696. The Labute approximate surface area is 172 Å². The second kappa shape index (κ2) is 10.9. The van der Waals surface area contributed by atoms with E-state index in [2.05, 4.69) is 0 Å². The maximum Gasteiger partial charge on any atom is 0.426 e. The van der Waals surface area contributed by atoms with Crippen molar-refractivity contribution in [2.24, 2.45) is 0 Å². The molecule has 6 heteroatoms. The van der Waals surface area contributed by atoms with Gasteiger partial charge in [-0.25, -0.2) is 4.79 Å². The monoisotopic (exact) mass is 391 g/mol. The van der Waals surface area contributed by atoms with Crippen LogP contribution in [0.15, 0.2) is 84.3 Å². The van der Waals surface area contributed by atoms with Gasteiger partial charge in [0.05, 0.1) is 12.4 Å². The quantitative estimate of drug-likeness (QED) is 0.164. The van der Waals surface area contributed by atoms with E-state index in [4.69, 9.17) is 9.39 Å². The molecule has 0 aliphatic heterocycles. The van der Waals surface area contributed by atoms with E-state index in [1.165, 1.54) is 6.08 Å². The van der Waals surface area contributed by atoms with Crippen LogP contribution in [0, 0.1) is 0 Å². The van der Waals surface area contributed by atoms with Gasteiger partial charge in [0, 0.05) is 26.4 Å². The Morgan fingerprint density at radius 1 is 0.966 bits per heavy atom. The normalized spacial score (nSPS) is 11.6. The van der Waals surface area contributed by atoms with Gasteiger partial charge in [0.15, 0.2) is 5.78 Å². The van der Waals surface area contributed by atoms with Gasteiger partial charge in [-0.05, 0) is 24.8 Å². The van der Waals surface area contributed by atoms with Crippen LogP contribution in [-0.4, -0.2) is 44.3 Å². The van der Waals surface area contributed by atoms with E-state index in [9.17, 15) is 9.59 Å². The van der Waals surface area contributed by atoms with Crippen molar-refractivity contribution in [1.29, 1.82) is 0 Å². The SMILES string of the molecule is CCOC(=O)/C(C(=O)/C=C/N(C)C)=C(\C)OB(c1ccccc1)c1ccccc1. The fourth-order valence-electron chi connectivity index (χ4n) is 2.74. The summed E-state index contributed by atoms with van der Waals surface area (Å²) in [5.41, 5.74) is 1.72. The summed E-state index contributed by atoms with van der Waals surface area (Å²) in [5.74, 6) is -0.942. The van der Waals surface area contributed by atoms with Crippen LogP contribution in [0.3, 0.4) is 0 Å². The highest BCUT2D eigenvalue weighted by Crippen LogP contribution is 2.13. The zero-order valence-corrected chi connectivity index (χ0v) is 17.3. The van der Waals surface area contributed by atoms with Gasteiger partial charge < -0.3 is 14.3 Å². The van der Waals surface area contributed by atoms with Gasteiger partial charge in [-0.1, -0.05) is 60.7 Å². The molecule has 150 valence electrons. The molecule has 0 amide bonds. The van der Waals surface area contributed by atoms with Crippen LogP contribution in [0.25, 0.3) is 0 Å². The molecule has 0 saturated heterocycles. The predicted octanol–water partition coefficient (Wildman–Crippen LogP) is 2.29. The van der Waals surface area contributed by atoms with Gasteiger partial charge in [-0.15, -0.1) is 0 Å². The average Bonchev–Trinajstić information content (AvgIpc) is 2.72. The highest BCUT2D eigenvalue weighted by Gasteiger charge is 2.28. The molecule has 2 rings (SSSR count). The van der Waals surface area contributed by atoms with E-state index in [0.29, 0.717) is 0 Å². The average molecular weight is 391 g/mol. The number of ketones is 1. The smallest absolute Gasteiger partial charge is 0.426 e. The van der Waals surface area contributed by atoms with Crippen LogP contribution in [0.2, 0.25) is 0 Å². The number of hydrogen-bond acceptors (Lipinski definition) is 5. The zero-order valence-electron chi connectivity index (χ0n) is 17.3. The minimum Gasteiger partial charge on any atom is -0.554 e. The molecule has 0 bridgehead atoms. The molecule has 0 N–H and O–H groups in total. The van der Waals surface area contributed by atoms with Gasteiger partial charge in [-0.3, -0.25) is 4.79 Å². The Balaban J connectivity index is 2.47. The molecule has 0 heterocycles. The standard InChI is InChI=1S/C23H26BNO4/c1-5-28-23(27)22(21(26)16-17-25(3)4)18(2)29-24(19-12-8-6-9-13-19)20-14-10-7-11-15-20/h6-17H,5H2,1-4H3/b17-16+,22-18+. The van der Waals surface area contributed by atoms with Crippen molar-refractivity contribution in [2.75, 3.05) is 20.7 Å². The Bertz CT molecular complexity index is 837. The highest BCUT2D eigenvalue weighted by molar-refractivity contribution is 6.80. The number of carbonyl (C=O) groups excluding carboxylic acids is 2. The van der Waals surface area contributed by atoms with Crippen molar-refractivity contribution in [3.05, 3.63) is 84.3 Å². The first kappa shape index (κ1) is 22.0. The van der Waals surface area contributed by atoms with Crippen LogP contribution in [-0.2, 0) is 19.0 Å². The molecule has 0 fully saturated rings. The van der Waals surface area contributed by atoms with Crippen molar-refractivity contribution in [2.45, 2.75) is 13.8 Å². The summed E-state index contributed by atoms with van der Waals surface area (Å²) in [5, 5.41) is 0. The van der Waals surface area contributed by atoms with E-state index in [1.807, 2.05) is 60.7 Å². The Morgan fingerprint density at radius 3 is 1.93 bits per heavy atom. The number of ether oxygens (including phenoxy) is 1. The Hall–Kier alpha value is -3.28. The number of benzene rings is 2. The molecular formula is C23H26BNO4. The largest absolute Gasteiger partial charge is 0.554 e. The molecular weight excluding hydrogens is 365 g/mol. The summed E-state index contributed by atoms with van der Waals surface area (Å²) < 4.78 is 11.3. The molecule has 0 atom stereocenters. The lowest BCUT2D eigenvalue weighted by atomic mass is 9.55. The van der Waals surface area contributed by atoms with Crippen LogP contribution >= 0.6 is 0 Å². The number of allylic oxidation sites excluding steroid dienone is 2. The maximum atomic E-state index is 12.7. The molecule has 0 unspecified atom stereocenters. The van der Waals surface area contributed by atoms with E-state index in [1.54, 1.807) is 39.0 Å². The molecule has 5 nitrogen and oxygen atoms in total. The van der Waals surface area contributed by atoms with Gasteiger partial charge >= 0.3 is 12.9 Å². The lowest BCUT2D eigenvalue weighted by Crippen LogP contribution is -2.44. The van der Waals surface area contributed by atoms with Crippen LogP contribution in [0.1, 0.15) is 13.8 Å². The van der Waals surface area contributed by atoms with E-state index in [-0.39, 0.29) is 17.9 Å². The second-order valence-corrected chi connectivity index (χ2v) is 6.61. The number of esters is 1. The summed E-state index contributed by atoms with van der Waals surface area (Å²) in [6.07, 6.45) is 2.92. The number of rotatable bonds is 9. The molecule has 0 aliphatic rings. The first-order valence-electron chi connectivity index (χ1n) is 9.47. The van der Waals surface area contributed by atoms with E-state index in [0.717, 1.165) is 10.9 Å². The van der Waals surface area contributed by atoms with E-state index >= 15 is 0 Å². The topological polar surface area (TPSA) is 55.8 Å². The lowest BCUT2D eigenvalue weighted by molar-refractivity contribution is -0.139. The molecule has 2 aromatic carbocycles. The fourth-order valence-corrected chi connectivity index (χ4v) is 2.74. The number of nitrogens with zero attached hydrogens (tertiary/aromatic N) is 1. The van der Waals surface area contributed by atoms with Crippen molar-refractivity contribution in [3.8, 4) is 0 Å². The first-order chi connectivity index (χ1) is 13.9. The van der Waals surface area contributed by atoms with Gasteiger partial charge in [0.25, 0.3) is 0 Å². The number of carbonyl (C=O) groups is 2. The first-order valence-corrected chi connectivity index (χ1v) is 9.47. The molecule has 2 aromatic rings. The van der Waals surface area contributed by atoms with Crippen LogP contribution in [0.4, 0.5) is 0 Å². The third-order valence-electron chi connectivity index (χ3n) is 4.10.